The fraction of sp³-hybridized carbons (Fsp3) is 1.00. The molecule has 0 aromatic carbocycles. The third-order valence-corrected chi connectivity index (χ3v) is 3.38. The minimum atomic E-state index is 0.847. The quantitative estimate of drug-likeness (QED) is 0.592. The average Bonchev–Trinajstić information content (AvgIpc) is 2.26. The third-order valence-electron chi connectivity index (χ3n) is 3.38. The summed E-state index contributed by atoms with van der Waals surface area (Å²) in [5.74, 6) is 1.86. The molecule has 1 aliphatic rings. The number of rotatable bonds is 2. The molecule has 66 valence electrons. The smallest absolute Gasteiger partial charge is 0.0118 e. The van der Waals surface area contributed by atoms with Gasteiger partial charge in [0.05, 0.1) is 0 Å². The summed E-state index contributed by atoms with van der Waals surface area (Å²) < 4.78 is 0. The zero-order valence-electron chi connectivity index (χ0n) is 8.30. The van der Waals surface area contributed by atoms with Crippen molar-refractivity contribution in [3.05, 3.63) is 0 Å². The van der Waals surface area contributed by atoms with Crippen molar-refractivity contribution < 1.29 is 0 Å². The topological polar surface area (TPSA) is 3.24 Å². The number of hydrogen-bond acceptors (Lipinski definition) is 1. The first kappa shape index (κ1) is 9.05. The second kappa shape index (κ2) is 3.57. The van der Waals surface area contributed by atoms with Crippen molar-refractivity contribution in [1.29, 1.82) is 0 Å². The molecule has 0 aromatic rings. The van der Waals surface area contributed by atoms with E-state index >= 15 is 0 Å². The van der Waals surface area contributed by atoms with E-state index in [4.69, 9.17) is 0 Å². The van der Waals surface area contributed by atoms with Crippen molar-refractivity contribution in [3.63, 3.8) is 0 Å². The molecule has 1 heteroatoms. The first-order chi connectivity index (χ1) is 5.20. The summed E-state index contributed by atoms with van der Waals surface area (Å²) in [6.07, 6.45) is 2.66. The average molecular weight is 155 g/mol. The van der Waals surface area contributed by atoms with Crippen LogP contribution in [-0.4, -0.2) is 24.5 Å². The first-order valence-corrected chi connectivity index (χ1v) is 4.90. The molecular formula is C10H21N. The fourth-order valence-corrected chi connectivity index (χ4v) is 2.57. The highest BCUT2D eigenvalue weighted by molar-refractivity contribution is 4.87. The summed E-state index contributed by atoms with van der Waals surface area (Å²) in [5.41, 5.74) is 0. The van der Waals surface area contributed by atoms with Crippen LogP contribution < -0.4 is 0 Å². The van der Waals surface area contributed by atoms with Crippen LogP contribution in [-0.2, 0) is 0 Å². The lowest BCUT2D eigenvalue weighted by Gasteiger charge is -2.21. The van der Waals surface area contributed by atoms with Crippen LogP contribution in [0.25, 0.3) is 0 Å². The van der Waals surface area contributed by atoms with E-state index in [1.54, 1.807) is 0 Å². The van der Waals surface area contributed by atoms with Crippen LogP contribution in [0.5, 0.6) is 0 Å². The molecule has 1 saturated heterocycles. The summed E-state index contributed by atoms with van der Waals surface area (Å²) in [6.45, 7) is 8.34. The highest BCUT2D eigenvalue weighted by atomic mass is 15.2. The molecule has 1 nitrogen and oxygen atoms in total. The molecule has 0 saturated carbocycles. The zero-order valence-corrected chi connectivity index (χ0v) is 8.30. The highest BCUT2D eigenvalue weighted by Gasteiger charge is 2.33. The minimum absolute atomic E-state index is 0.847. The number of hydrogen-bond donors (Lipinski definition) is 0. The van der Waals surface area contributed by atoms with Gasteiger partial charge in [-0.3, -0.25) is 0 Å². The predicted octanol–water partition coefficient (Wildman–Crippen LogP) is 2.37. The van der Waals surface area contributed by atoms with Gasteiger partial charge < -0.3 is 4.90 Å². The van der Waals surface area contributed by atoms with Crippen LogP contribution >= 0.6 is 0 Å². The van der Waals surface area contributed by atoms with E-state index in [0.29, 0.717) is 0 Å². The van der Waals surface area contributed by atoms with Crippen LogP contribution in [0.3, 0.4) is 0 Å². The Morgan fingerprint density at radius 3 is 2.18 bits per heavy atom. The molecule has 1 fully saturated rings. The molecule has 0 bridgehead atoms. The Morgan fingerprint density at radius 1 is 1.27 bits per heavy atom. The van der Waals surface area contributed by atoms with Gasteiger partial charge in [0.1, 0.15) is 0 Å². The molecule has 0 N–H and O–H groups in total. The summed E-state index contributed by atoms with van der Waals surface area (Å²) in [4.78, 5) is 2.53. The Balaban J connectivity index is 2.55. The van der Waals surface area contributed by atoms with Crippen molar-refractivity contribution in [2.45, 2.75) is 39.7 Å². The summed E-state index contributed by atoms with van der Waals surface area (Å²) in [5, 5.41) is 0. The van der Waals surface area contributed by atoms with E-state index in [1.165, 1.54) is 19.4 Å². The van der Waals surface area contributed by atoms with Crippen LogP contribution in [0.2, 0.25) is 0 Å². The van der Waals surface area contributed by atoms with Gasteiger partial charge in [-0.25, -0.2) is 0 Å². The second-order valence-corrected chi connectivity index (χ2v) is 3.94. The van der Waals surface area contributed by atoms with E-state index in [9.17, 15) is 0 Å². The molecule has 1 rings (SSSR count). The van der Waals surface area contributed by atoms with Crippen LogP contribution in [0, 0.1) is 11.8 Å². The molecule has 3 unspecified atom stereocenters. The van der Waals surface area contributed by atoms with Crippen molar-refractivity contribution >= 4 is 0 Å². The first-order valence-electron chi connectivity index (χ1n) is 4.90. The molecule has 0 spiro atoms. The van der Waals surface area contributed by atoms with Gasteiger partial charge in [0, 0.05) is 12.6 Å². The highest BCUT2D eigenvalue weighted by Crippen LogP contribution is 2.31. The van der Waals surface area contributed by atoms with Gasteiger partial charge in [-0.1, -0.05) is 27.2 Å². The maximum Gasteiger partial charge on any atom is 0.0118 e. The maximum absolute atomic E-state index is 2.53. The van der Waals surface area contributed by atoms with Gasteiger partial charge in [0.25, 0.3) is 0 Å². The lowest BCUT2D eigenvalue weighted by atomic mass is 9.89. The standard InChI is InChI=1S/C10H21N/c1-5-9-7-11(4)10(6-2)8(9)3/h8-10H,5-7H2,1-4H3. The van der Waals surface area contributed by atoms with Crippen molar-refractivity contribution in [2.75, 3.05) is 13.6 Å². The largest absolute Gasteiger partial charge is 0.303 e. The van der Waals surface area contributed by atoms with E-state index < -0.39 is 0 Å². The molecule has 3 atom stereocenters. The number of nitrogens with zero attached hydrogens (tertiary/aromatic N) is 1. The summed E-state index contributed by atoms with van der Waals surface area (Å²) in [7, 11) is 2.26. The molecule has 0 radical (unpaired) electrons. The Kier molecular flexibility index (Phi) is 2.94. The van der Waals surface area contributed by atoms with Crippen LogP contribution in [0.1, 0.15) is 33.6 Å². The zero-order chi connectivity index (χ0) is 8.43. The summed E-state index contributed by atoms with van der Waals surface area (Å²) >= 11 is 0. The lowest BCUT2D eigenvalue weighted by Crippen LogP contribution is -2.27. The van der Waals surface area contributed by atoms with Crippen molar-refractivity contribution in [2.24, 2.45) is 11.8 Å². The van der Waals surface area contributed by atoms with Gasteiger partial charge in [0.2, 0.25) is 0 Å². The molecular weight excluding hydrogens is 134 g/mol. The Hall–Kier alpha value is -0.0400. The molecule has 11 heavy (non-hydrogen) atoms. The molecule has 0 aromatic heterocycles. The Bertz CT molecular complexity index is 122. The Labute approximate surface area is 70.8 Å². The monoisotopic (exact) mass is 155 g/mol. The van der Waals surface area contributed by atoms with Gasteiger partial charge in [-0.15, -0.1) is 0 Å². The van der Waals surface area contributed by atoms with E-state index in [1.807, 2.05) is 0 Å². The minimum Gasteiger partial charge on any atom is -0.303 e. The van der Waals surface area contributed by atoms with E-state index in [0.717, 1.165) is 17.9 Å². The molecule has 1 heterocycles. The number of likely N-dealkylation sites (tertiary alicyclic amines) is 1. The van der Waals surface area contributed by atoms with Gasteiger partial charge in [-0.05, 0) is 25.3 Å². The normalized spacial score (nSPS) is 39.8. The fourth-order valence-electron chi connectivity index (χ4n) is 2.57. The summed E-state index contributed by atoms with van der Waals surface area (Å²) in [6, 6.07) is 0.847. The molecule has 0 amide bonds. The maximum atomic E-state index is 2.53. The van der Waals surface area contributed by atoms with Gasteiger partial charge in [-0.2, -0.15) is 0 Å². The van der Waals surface area contributed by atoms with Crippen LogP contribution in [0.15, 0.2) is 0 Å². The lowest BCUT2D eigenvalue weighted by molar-refractivity contribution is 0.271. The van der Waals surface area contributed by atoms with Crippen molar-refractivity contribution in [1.82, 2.24) is 4.90 Å². The van der Waals surface area contributed by atoms with Gasteiger partial charge >= 0.3 is 0 Å². The van der Waals surface area contributed by atoms with Gasteiger partial charge in [0.15, 0.2) is 0 Å². The predicted molar refractivity (Wildman–Crippen MR) is 49.7 cm³/mol. The van der Waals surface area contributed by atoms with Crippen molar-refractivity contribution in [3.8, 4) is 0 Å². The molecule has 0 aliphatic carbocycles. The third kappa shape index (κ3) is 1.58. The Morgan fingerprint density at radius 2 is 1.91 bits per heavy atom. The second-order valence-electron chi connectivity index (χ2n) is 3.94. The van der Waals surface area contributed by atoms with E-state index in [-0.39, 0.29) is 0 Å². The van der Waals surface area contributed by atoms with E-state index in [2.05, 4.69) is 32.7 Å². The van der Waals surface area contributed by atoms with Crippen LogP contribution in [0.4, 0.5) is 0 Å². The SMILES string of the molecule is CCC1CN(C)C(CC)C1C. The molecule has 1 aliphatic heterocycles.